The maximum atomic E-state index is 13.5. The van der Waals surface area contributed by atoms with Crippen molar-refractivity contribution in [3.8, 4) is 0 Å². The fraction of sp³-hybridized carbons (Fsp3) is 0.588. The second kappa shape index (κ2) is 7.03. The fourth-order valence-corrected chi connectivity index (χ4v) is 3.01. The Hall–Kier alpha value is -1.42. The fourth-order valence-electron chi connectivity index (χ4n) is 3.01. The zero-order chi connectivity index (χ0) is 15.4. The van der Waals surface area contributed by atoms with Crippen molar-refractivity contribution in [2.75, 3.05) is 19.6 Å². The number of amides is 1. The van der Waals surface area contributed by atoms with Gasteiger partial charge in [0.2, 0.25) is 0 Å². The summed E-state index contributed by atoms with van der Waals surface area (Å²) in [5, 5.41) is 3.54. The molecule has 0 bridgehead atoms. The molecule has 1 aromatic carbocycles. The van der Waals surface area contributed by atoms with Crippen LogP contribution in [0.3, 0.4) is 0 Å². The number of hydrogen-bond acceptors (Lipinski definition) is 2. The molecule has 1 aliphatic rings. The van der Waals surface area contributed by atoms with Crippen LogP contribution in [-0.2, 0) is 0 Å². The molecule has 1 aliphatic heterocycles. The van der Waals surface area contributed by atoms with Gasteiger partial charge in [0, 0.05) is 24.7 Å². The molecule has 0 radical (unpaired) electrons. The van der Waals surface area contributed by atoms with Crippen LogP contribution < -0.4 is 5.32 Å². The lowest BCUT2D eigenvalue weighted by molar-refractivity contribution is 0.0644. The van der Waals surface area contributed by atoms with Crippen molar-refractivity contribution in [1.82, 2.24) is 10.2 Å². The summed E-state index contributed by atoms with van der Waals surface area (Å²) in [4.78, 5) is 14.4. The Balaban J connectivity index is 2.01. The Kier molecular flexibility index (Phi) is 5.34. The van der Waals surface area contributed by atoms with Crippen LogP contribution in [0.2, 0.25) is 0 Å². The van der Waals surface area contributed by atoms with Gasteiger partial charge in [0.15, 0.2) is 0 Å². The van der Waals surface area contributed by atoms with Crippen LogP contribution in [0.1, 0.15) is 42.6 Å². The molecule has 2 atom stereocenters. The second-order valence-electron chi connectivity index (χ2n) is 6.10. The van der Waals surface area contributed by atoms with Crippen molar-refractivity contribution in [1.29, 1.82) is 0 Å². The normalized spacial score (nSPS) is 22.4. The van der Waals surface area contributed by atoms with Crippen LogP contribution in [0.15, 0.2) is 18.2 Å². The molecule has 1 heterocycles. The summed E-state index contributed by atoms with van der Waals surface area (Å²) in [6.45, 7) is 8.62. The quantitative estimate of drug-likeness (QED) is 0.925. The van der Waals surface area contributed by atoms with Crippen LogP contribution in [0.5, 0.6) is 0 Å². The summed E-state index contributed by atoms with van der Waals surface area (Å²) in [5.41, 5.74) is 1.24. The van der Waals surface area contributed by atoms with Crippen LogP contribution in [0, 0.1) is 18.7 Å². The van der Waals surface area contributed by atoms with E-state index in [0.29, 0.717) is 17.5 Å². The van der Waals surface area contributed by atoms with Gasteiger partial charge in [-0.1, -0.05) is 13.8 Å². The van der Waals surface area contributed by atoms with E-state index in [4.69, 9.17) is 0 Å². The van der Waals surface area contributed by atoms with Gasteiger partial charge >= 0.3 is 0 Å². The number of likely N-dealkylation sites (tertiary alicyclic amines) is 1. The van der Waals surface area contributed by atoms with Crippen molar-refractivity contribution < 1.29 is 9.18 Å². The molecule has 0 aliphatic carbocycles. The van der Waals surface area contributed by atoms with Crippen molar-refractivity contribution in [2.24, 2.45) is 5.92 Å². The molecule has 116 valence electrons. The van der Waals surface area contributed by atoms with Crippen molar-refractivity contribution >= 4 is 5.91 Å². The number of hydrogen-bond donors (Lipinski definition) is 1. The molecule has 4 heteroatoms. The molecule has 1 fully saturated rings. The molecule has 1 N–H and O–H groups in total. The van der Waals surface area contributed by atoms with Crippen LogP contribution >= 0.6 is 0 Å². The standard InChI is InChI=1S/C17H25FN2O/c1-4-6-19-16-5-7-20(11-13(16)3)17(21)14-8-12(2)9-15(18)10-14/h8-10,13,16,19H,4-7,11H2,1-3H3. The van der Waals surface area contributed by atoms with Gasteiger partial charge in [0.1, 0.15) is 5.82 Å². The van der Waals surface area contributed by atoms with E-state index < -0.39 is 0 Å². The number of carbonyl (C=O) groups is 1. The summed E-state index contributed by atoms with van der Waals surface area (Å²) in [7, 11) is 0. The highest BCUT2D eigenvalue weighted by Crippen LogP contribution is 2.20. The second-order valence-corrected chi connectivity index (χ2v) is 6.10. The van der Waals surface area contributed by atoms with E-state index in [2.05, 4.69) is 19.2 Å². The molecular formula is C17H25FN2O. The van der Waals surface area contributed by atoms with E-state index >= 15 is 0 Å². The maximum Gasteiger partial charge on any atom is 0.253 e. The average Bonchev–Trinajstić information content (AvgIpc) is 2.44. The Morgan fingerprint density at radius 2 is 2.19 bits per heavy atom. The Labute approximate surface area is 126 Å². The van der Waals surface area contributed by atoms with E-state index in [1.165, 1.54) is 12.1 Å². The third-order valence-corrected chi connectivity index (χ3v) is 4.14. The van der Waals surface area contributed by atoms with Gasteiger partial charge in [0.25, 0.3) is 5.91 Å². The Morgan fingerprint density at radius 3 is 2.81 bits per heavy atom. The Bertz CT molecular complexity index is 483. The van der Waals surface area contributed by atoms with Crippen molar-refractivity contribution in [2.45, 2.75) is 39.7 Å². The lowest BCUT2D eigenvalue weighted by atomic mass is 9.93. The number of nitrogens with one attached hydrogen (secondary N) is 1. The minimum atomic E-state index is -0.342. The third-order valence-electron chi connectivity index (χ3n) is 4.14. The minimum Gasteiger partial charge on any atom is -0.338 e. The van der Waals surface area contributed by atoms with Gasteiger partial charge in [-0.05, 0) is 56.0 Å². The topological polar surface area (TPSA) is 32.3 Å². The van der Waals surface area contributed by atoms with Gasteiger partial charge in [-0.25, -0.2) is 4.39 Å². The zero-order valence-corrected chi connectivity index (χ0v) is 13.2. The summed E-state index contributed by atoms with van der Waals surface area (Å²) < 4.78 is 13.5. The summed E-state index contributed by atoms with van der Waals surface area (Å²) in [6.07, 6.45) is 2.08. The van der Waals surface area contributed by atoms with Gasteiger partial charge in [-0.2, -0.15) is 0 Å². The van der Waals surface area contributed by atoms with Gasteiger partial charge in [-0.15, -0.1) is 0 Å². The van der Waals surface area contributed by atoms with E-state index in [1.807, 2.05) is 11.8 Å². The summed E-state index contributed by atoms with van der Waals surface area (Å²) >= 11 is 0. The molecule has 1 amide bonds. The van der Waals surface area contributed by atoms with Gasteiger partial charge < -0.3 is 10.2 Å². The predicted octanol–water partition coefficient (Wildman–Crippen LogP) is 2.98. The molecule has 0 spiro atoms. The first-order valence-corrected chi connectivity index (χ1v) is 7.81. The van der Waals surface area contributed by atoms with Crippen LogP contribution in [-0.4, -0.2) is 36.5 Å². The molecule has 2 unspecified atom stereocenters. The minimum absolute atomic E-state index is 0.0570. The average molecular weight is 292 g/mol. The highest BCUT2D eigenvalue weighted by molar-refractivity contribution is 5.94. The predicted molar refractivity (Wildman–Crippen MR) is 82.9 cm³/mol. The maximum absolute atomic E-state index is 13.5. The molecule has 0 aromatic heterocycles. The van der Waals surface area contributed by atoms with E-state index in [0.717, 1.165) is 38.0 Å². The number of benzene rings is 1. The van der Waals surface area contributed by atoms with Crippen LogP contribution in [0.25, 0.3) is 0 Å². The Morgan fingerprint density at radius 1 is 1.43 bits per heavy atom. The number of nitrogens with zero attached hydrogens (tertiary/aromatic N) is 1. The van der Waals surface area contributed by atoms with E-state index in [9.17, 15) is 9.18 Å². The highest BCUT2D eigenvalue weighted by Gasteiger charge is 2.28. The number of halogens is 1. The zero-order valence-electron chi connectivity index (χ0n) is 13.2. The monoisotopic (exact) mass is 292 g/mol. The van der Waals surface area contributed by atoms with Crippen molar-refractivity contribution in [3.05, 3.63) is 35.1 Å². The molecule has 1 aromatic rings. The third kappa shape index (κ3) is 4.03. The smallest absolute Gasteiger partial charge is 0.253 e. The number of piperidine rings is 1. The molecule has 0 saturated carbocycles. The largest absolute Gasteiger partial charge is 0.338 e. The lowest BCUT2D eigenvalue weighted by Gasteiger charge is -2.37. The van der Waals surface area contributed by atoms with Crippen molar-refractivity contribution in [3.63, 3.8) is 0 Å². The lowest BCUT2D eigenvalue weighted by Crippen LogP contribution is -2.50. The highest BCUT2D eigenvalue weighted by atomic mass is 19.1. The molecule has 1 saturated heterocycles. The molecular weight excluding hydrogens is 267 g/mol. The first kappa shape index (κ1) is 16.0. The number of aryl methyl sites for hydroxylation is 1. The molecule has 2 rings (SSSR count). The number of rotatable bonds is 4. The molecule has 3 nitrogen and oxygen atoms in total. The van der Waals surface area contributed by atoms with Crippen LogP contribution in [0.4, 0.5) is 4.39 Å². The van der Waals surface area contributed by atoms with Gasteiger partial charge in [0.05, 0.1) is 0 Å². The molecule has 21 heavy (non-hydrogen) atoms. The first-order chi connectivity index (χ1) is 10.0. The van der Waals surface area contributed by atoms with E-state index in [-0.39, 0.29) is 11.7 Å². The summed E-state index contributed by atoms with van der Waals surface area (Å²) in [5.74, 6) is 0.0215. The van der Waals surface area contributed by atoms with Gasteiger partial charge in [-0.3, -0.25) is 4.79 Å². The van der Waals surface area contributed by atoms with E-state index in [1.54, 1.807) is 6.07 Å². The summed E-state index contributed by atoms with van der Waals surface area (Å²) in [6, 6.07) is 5.02. The number of carbonyl (C=O) groups excluding carboxylic acids is 1. The SMILES string of the molecule is CCCNC1CCN(C(=O)c2cc(C)cc(F)c2)CC1C. The first-order valence-electron chi connectivity index (χ1n) is 7.81.